The SMILES string of the molecule is CCc1ccc(OC)c(O)c1C(N)CO. The topological polar surface area (TPSA) is 75.7 Å². The molecule has 0 spiro atoms. The van der Waals surface area contributed by atoms with Crippen LogP contribution in [0.25, 0.3) is 0 Å². The Balaban J connectivity index is 3.29. The molecule has 15 heavy (non-hydrogen) atoms. The van der Waals surface area contributed by atoms with Crippen LogP contribution in [0.1, 0.15) is 24.1 Å². The Hall–Kier alpha value is -1.26. The lowest BCUT2D eigenvalue weighted by Gasteiger charge is -2.17. The van der Waals surface area contributed by atoms with Crippen LogP contribution in [-0.4, -0.2) is 23.9 Å². The van der Waals surface area contributed by atoms with Crippen LogP contribution in [0.3, 0.4) is 0 Å². The van der Waals surface area contributed by atoms with Crippen molar-refractivity contribution in [3.8, 4) is 11.5 Å². The van der Waals surface area contributed by atoms with Gasteiger partial charge in [-0.1, -0.05) is 13.0 Å². The largest absolute Gasteiger partial charge is 0.504 e. The summed E-state index contributed by atoms with van der Waals surface area (Å²) in [7, 11) is 1.48. The highest BCUT2D eigenvalue weighted by Gasteiger charge is 2.17. The first-order chi connectivity index (χ1) is 7.15. The molecule has 84 valence electrons. The number of aliphatic hydroxyl groups excluding tert-OH is 1. The lowest BCUT2D eigenvalue weighted by molar-refractivity contribution is 0.263. The lowest BCUT2D eigenvalue weighted by atomic mass is 9.98. The van der Waals surface area contributed by atoms with E-state index < -0.39 is 6.04 Å². The molecule has 0 aliphatic carbocycles. The highest BCUT2D eigenvalue weighted by Crippen LogP contribution is 2.35. The van der Waals surface area contributed by atoms with E-state index >= 15 is 0 Å². The predicted molar refractivity (Wildman–Crippen MR) is 58.1 cm³/mol. The summed E-state index contributed by atoms with van der Waals surface area (Å²) in [5.41, 5.74) is 7.22. The third kappa shape index (κ3) is 2.22. The number of aliphatic hydroxyl groups is 1. The van der Waals surface area contributed by atoms with Gasteiger partial charge < -0.3 is 20.7 Å². The van der Waals surface area contributed by atoms with E-state index in [2.05, 4.69) is 0 Å². The second-order valence-corrected chi connectivity index (χ2v) is 3.33. The quantitative estimate of drug-likeness (QED) is 0.693. The van der Waals surface area contributed by atoms with Gasteiger partial charge in [-0.25, -0.2) is 0 Å². The second-order valence-electron chi connectivity index (χ2n) is 3.33. The number of methoxy groups -OCH3 is 1. The summed E-state index contributed by atoms with van der Waals surface area (Å²) in [4.78, 5) is 0. The van der Waals surface area contributed by atoms with Gasteiger partial charge in [0.1, 0.15) is 0 Å². The Morgan fingerprint density at radius 3 is 2.60 bits per heavy atom. The van der Waals surface area contributed by atoms with E-state index in [1.165, 1.54) is 7.11 Å². The van der Waals surface area contributed by atoms with Gasteiger partial charge in [0.2, 0.25) is 0 Å². The van der Waals surface area contributed by atoms with Crippen molar-refractivity contribution in [1.29, 1.82) is 0 Å². The Kier molecular flexibility index (Phi) is 3.94. The second kappa shape index (κ2) is 5.00. The molecule has 0 saturated carbocycles. The molecule has 0 saturated heterocycles. The Labute approximate surface area is 89.3 Å². The van der Waals surface area contributed by atoms with Crippen LogP contribution in [0.15, 0.2) is 12.1 Å². The minimum atomic E-state index is -0.574. The molecule has 1 aromatic carbocycles. The monoisotopic (exact) mass is 211 g/mol. The van der Waals surface area contributed by atoms with Crippen LogP contribution in [0.4, 0.5) is 0 Å². The molecular weight excluding hydrogens is 194 g/mol. The van der Waals surface area contributed by atoms with E-state index in [9.17, 15) is 5.11 Å². The summed E-state index contributed by atoms with van der Waals surface area (Å²) in [6.45, 7) is 1.77. The number of benzene rings is 1. The number of phenols is 1. The van der Waals surface area contributed by atoms with Gasteiger partial charge in [0.15, 0.2) is 11.5 Å². The molecule has 0 aliphatic heterocycles. The first-order valence-electron chi connectivity index (χ1n) is 4.90. The summed E-state index contributed by atoms with van der Waals surface area (Å²) in [6.07, 6.45) is 0.751. The van der Waals surface area contributed by atoms with Crippen molar-refractivity contribution >= 4 is 0 Å². The highest BCUT2D eigenvalue weighted by atomic mass is 16.5. The Morgan fingerprint density at radius 2 is 2.13 bits per heavy atom. The van der Waals surface area contributed by atoms with Crippen LogP contribution in [0.2, 0.25) is 0 Å². The van der Waals surface area contributed by atoms with Crippen molar-refractivity contribution in [1.82, 2.24) is 0 Å². The summed E-state index contributed by atoms with van der Waals surface area (Å²) < 4.78 is 4.99. The fraction of sp³-hybridized carbons (Fsp3) is 0.455. The molecule has 1 unspecified atom stereocenters. The number of rotatable bonds is 4. The maximum absolute atomic E-state index is 9.89. The molecule has 0 heterocycles. The molecule has 0 amide bonds. The van der Waals surface area contributed by atoms with Crippen molar-refractivity contribution in [2.24, 2.45) is 5.73 Å². The maximum atomic E-state index is 9.89. The lowest BCUT2D eigenvalue weighted by Crippen LogP contribution is -2.16. The molecule has 0 aromatic heterocycles. The zero-order valence-electron chi connectivity index (χ0n) is 9.03. The molecule has 4 N–H and O–H groups in total. The number of aromatic hydroxyl groups is 1. The molecule has 1 rings (SSSR count). The fourth-order valence-corrected chi connectivity index (χ4v) is 1.61. The van der Waals surface area contributed by atoms with Gasteiger partial charge in [-0.05, 0) is 18.1 Å². The summed E-state index contributed by atoms with van der Waals surface area (Å²) in [5.74, 6) is 0.407. The van der Waals surface area contributed by atoms with Crippen LogP contribution in [0.5, 0.6) is 11.5 Å². The van der Waals surface area contributed by atoms with Crippen LogP contribution >= 0.6 is 0 Å². The van der Waals surface area contributed by atoms with E-state index in [-0.39, 0.29) is 12.4 Å². The van der Waals surface area contributed by atoms with Crippen LogP contribution < -0.4 is 10.5 Å². The minimum absolute atomic E-state index is 0.0263. The Bertz CT molecular complexity index is 339. The summed E-state index contributed by atoms with van der Waals surface area (Å²) >= 11 is 0. The zero-order chi connectivity index (χ0) is 11.4. The van der Waals surface area contributed by atoms with Crippen LogP contribution in [0, 0.1) is 0 Å². The summed E-state index contributed by atoms with van der Waals surface area (Å²) in [5, 5.41) is 18.9. The van der Waals surface area contributed by atoms with Crippen molar-refractivity contribution in [2.45, 2.75) is 19.4 Å². The number of phenolic OH excluding ortho intramolecular Hbond substituents is 1. The molecule has 4 nitrogen and oxygen atoms in total. The molecule has 0 aliphatic rings. The van der Waals surface area contributed by atoms with Gasteiger partial charge in [-0.15, -0.1) is 0 Å². The normalized spacial score (nSPS) is 12.5. The van der Waals surface area contributed by atoms with Gasteiger partial charge in [-0.2, -0.15) is 0 Å². The molecular formula is C11H17NO3. The standard InChI is InChI=1S/C11H17NO3/c1-3-7-4-5-9(15-2)11(14)10(7)8(12)6-13/h4-5,8,13-14H,3,6,12H2,1-2H3. The Morgan fingerprint density at radius 1 is 1.47 bits per heavy atom. The van der Waals surface area contributed by atoms with Crippen molar-refractivity contribution in [2.75, 3.05) is 13.7 Å². The third-order valence-corrected chi connectivity index (χ3v) is 2.44. The number of hydrogen-bond donors (Lipinski definition) is 3. The van der Waals surface area contributed by atoms with Gasteiger partial charge >= 0.3 is 0 Å². The number of aryl methyl sites for hydroxylation is 1. The smallest absolute Gasteiger partial charge is 0.162 e. The zero-order valence-corrected chi connectivity index (χ0v) is 9.03. The van der Waals surface area contributed by atoms with Crippen molar-refractivity contribution in [3.63, 3.8) is 0 Å². The minimum Gasteiger partial charge on any atom is -0.504 e. The first kappa shape index (κ1) is 11.8. The maximum Gasteiger partial charge on any atom is 0.162 e. The molecule has 4 heteroatoms. The van der Waals surface area contributed by atoms with E-state index in [1.54, 1.807) is 6.07 Å². The predicted octanol–water partition coefficient (Wildman–Crippen LogP) is 0.955. The van der Waals surface area contributed by atoms with Crippen LogP contribution in [-0.2, 0) is 6.42 Å². The fourth-order valence-electron chi connectivity index (χ4n) is 1.61. The first-order valence-corrected chi connectivity index (χ1v) is 4.90. The van der Waals surface area contributed by atoms with Gasteiger partial charge in [0.05, 0.1) is 19.8 Å². The van der Waals surface area contributed by atoms with E-state index in [0.717, 1.165) is 12.0 Å². The molecule has 0 bridgehead atoms. The average molecular weight is 211 g/mol. The van der Waals surface area contributed by atoms with E-state index in [4.69, 9.17) is 15.6 Å². The molecule has 1 aromatic rings. The van der Waals surface area contributed by atoms with Gasteiger partial charge in [0, 0.05) is 5.56 Å². The summed E-state index contributed by atoms with van der Waals surface area (Å²) in [6, 6.07) is 2.97. The van der Waals surface area contributed by atoms with Crippen molar-refractivity contribution in [3.05, 3.63) is 23.3 Å². The molecule has 0 fully saturated rings. The molecule has 1 atom stereocenters. The number of nitrogens with two attached hydrogens (primary N) is 1. The number of ether oxygens (including phenoxy) is 1. The molecule has 0 radical (unpaired) electrons. The van der Waals surface area contributed by atoms with Gasteiger partial charge in [-0.3, -0.25) is 0 Å². The number of hydrogen-bond acceptors (Lipinski definition) is 4. The highest BCUT2D eigenvalue weighted by molar-refractivity contribution is 5.51. The third-order valence-electron chi connectivity index (χ3n) is 2.44. The average Bonchev–Trinajstić information content (AvgIpc) is 2.27. The van der Waals surface area contributed by atoms with Crippen molar-refractivity contribution < 1.29 is 14.9 Å². The van der Waals surface area contributed by atoms with E-state index in [0.29, 0.717) is 11.3 Å². The van der Waals surface area contributed by atoms with E-state index in [1.807, 2.05) is 13.0 Å². The van der Waals surface area contributed by atoms with Gasteiger partial charge in [0.25, 0.3) is 0 Å².